The van der Waals surface area contributed by atoms with Gasteiger partial charge in [-0.3, -0.25) is 14.5 Å². The third-order valence-corrected chi connectivity index (χ3v) is 6.14. The van der Waals surface area contributed by atoms with Crippen molar-refractivity contribution in [2.75, 3.05) is 20.2 Å². The van der Waals surface area contributed by atoms with Crippen molar-refractivity contribution in [1.29, 1.82) is 0 Å². The molecule has 2 saturated heterocycles. The maximum atomic E-state index is 13.4. The van der Waals surface area contributed by atoms with Gasteiger partial charge in [-0.1, -0.05) is 37.3 Å². The molecule has 2 aliphatic rings. The Morgan fingerprint density at radius 3 is 2.66 bits per heavy atom. The molecule has 2 fully saturated rings. The van der Waals surface area contributed by atoms with Crippen LogP contribution in [-0.2, 0) is 25.5 Å². The molecule has 0 radical (unpaired) electrons. The zero-order valence-corrected chi connectivity index (χ0v) is 17.3. The van der Waals surface area contributed by atoms with Crippen molar-refractivity contribution in [3.05, 3.63) is 35.9 Å². The van der Waals surface area contributed by atoms with E-state index >= 15 is 0 Å². The van der Waals surface area contributed by atoms with Crippen LogP contribution >= 0.6 is 0 Å². The second-order valence-electron chi connectivity index (χ2n) is 8.26. The largest absolute Gasteiger partial charge is 0.467 e. The standard InChI is InChI=1S/C22H31N3O4/c1-15-12-18-21(27)24(19(13-20(23)26)22(28)29-2)11-10-17(25(18)14-15)9-8-16-6-4-3-5-7-16/h3-7,15,17-19H,8-14H2,1-2H3,(H2,23,26)/t15-,17?,18+,19-/m1/s1. The summed E-state index contributed by atoms with van der Waals surface area (Å²) in [6.45, 7) is 3.46. The molecule has 7 nitrogen and oxygen atoms in total. The van der Waals surface area contributed by atoms with Gasteiger partial charge in [-0.25, -0.2) is 4.79 Å². The van der Waals surface area contributed by atoms with Crippen LogP contribution in [0.5, 0.6) is 0 Å². The number of hydrogen-bond donors (Lipinski definition) is 1. The van der Waals surface area contributed by atoms with Crippen molar-refractivity contribution in [2.24, 2.45) is 11.7 Å². The van der Waals surface area contributed by atoms with Crippen molar-refractivity contribution in [2.45, 2.75) is 57.2 Å². The summed E-state index contributed by atoms with van der Waals surface area (Å²) < 4.78 is 4.87. The third-order valence-electron chi connectivity index (χ3n) is 6.14. The average Bonchev–Trinajstić information content (AvgIpc) is 3.05. The van der Waals surface area contributed by atoms with Gasteiger partial charge in [0, 0.05) is 19.1 Å². The van der Waals surface area contributed by atoms with Crippen molar-refractivity contribution >= 4 is 17.8 Å². The number of rotatable bonds is 7. The van der Waals surface area contributed by atoms with Gasteiger partial charge in [-0.15, -0.1) is 0 Å². The maximum Gasteiger partial charge on any atom is 0.329 e. The highest BCUT2D eigenvalue weighted by Crippen LogP contribution is 2.33. The number of esters is 1. The lowest BCUT2D eigenvalue weighted by molar-refractivity contribution is -0.155. The van der Waals surface area contributed by atoms with Crippen LogP contribution in [0.25, 0.3) is 0 Å². The monoisotopic (exact) mass is 401 g/mol. The molecule has 1 aromatic rings. The Labute approximate surface area is 172 Å². The molecule has 2 amide bonds. The predicted molar refractivity (Wildman–Crippen MR) is 109 cm³/mol. The fourth-order valence-corrected chi connectivity index (χ4v) is 4.72. The molecule has 158 valence electrons. The number of primary amides is 1. The lowest BCUT2D eigenvalue weighted by Crippen LogP contribution is -2.52. The molecule has 0 aromatic heterocycles. The summed E-state index contributed by atoms with van der Waals surface area (Å²) in [6.07, 6.45) is 3.21. The molecular weight excluding hydrogens is 370 g/mol. The summed E-state index contributed by atoms with van der Waals surface area (Å²) in [5.74, 6) is -0.878. The number of methoxy groups -OCH3 is 1. The number of fused-ring (bicyclic) bond motifs is 1. The molecule has 1 aromatic carbocycles. The van der Waals surface area contributed by atoms with Crippen molar-refractivity contribution in [3.63, 3.8) is 0 Å². The van der Waals surface area contributed by atoms with Crippen LogP contribution in [0.4, 0.5) is 0 Å². The lowest BCUT2D eigenvalue weighted by atomic mass is 10.0. The van der Waals surface area contributed by atoms with Crippen LogP contribution in [0.15, 0.2) is 30.3 Å². The van der Waals surface area contributed by atoms with Crippen LogP contribution in [0.3, 0.4) is 0 Å². The van der Waals surface area contributed by atoms with E-state index in [1.165, 1.54) is 17.6 Å². The van der Waals surface area contributed by atoms with E-state index in [-0.39, 0.29) is 24.4 Å². The number of carbonyl (C=O) groups excluding carboxylic acids is 3. The molecule has 0 saturated carbocycles. The number of amides is 2. The minimum Gasteiger partial charge on any atom is -0.467 e. The van der Waals surface area contributed by atoms with E-state index in [1.54, 1.807) is 0 Å². The average molecular weight is 402 g/mol. The normalized spacial score (nSPS) is 25.9. The van der Waals surface area contributed by atoms with Gasteiger partial charge in [-0.2, -0.15) is 0 Å². The van der Waals surface area contributed by atoms with Gasteiger partial charge in [0.2, 0.25) is 11.8 Å². The fraction of sp³-hybridized carbons (Fsp3) is 0.591. The maximum absolute atomic E-state index is 13.4. The first kappa shape index (κ1) is 21.3. The highest BCUT2D eigenvalue weighted by molar-refractivity contribution is 5.91. The van der Waals surface area contributed by atoms with E-state index in [0.717, 1.165) is 32.2 Å². The summed E-state index contributed by atoms with van der Waals surface area (Å²) in [6, 6.07) is 9.39. The van der Waals surface area contributed by atoms with E-state index in [2.05, 4.69) is 24.0 Å². The first-order valence-electron chi connectivity index (χ1n) is 10.4. The molecule has 2 heterocycles. The molecule has 0 aliphatic carbocycles. The van der Waals surface area contributed by atoms with Gasteiger partial charge in [0.25, 0.3) is 0 Å². The van der Waals surface area contributed by atoms with Gasteiger partial charge in [-0.05, 0) is 37.2 Å². The molecule has 3 rings (SSSR count). The zero-order chi connectivity index (χ0) is 21.0. The first-order chi connectivity index (χ1) is 13.9. The summed E-state index contributed by atoms with van der Waals surface area (Å²) >= 11 is 0. The second-order valence-corrected chi connectivity index (χ2v) is 8.26. The Hall–Kier alpha value is -2.41. The van der Waals surface area contributed by atoms with Crippen molar-refractivity contribution < 1.29 is 19.1 Å². The Bertz CT molecular complexity index is 739. The van der Waals surface area contributed by atoms with E-state index < -0.39 is 17.9 Å². The Morgan fingerprint density at radius 1 is 1.28 bits per heavy atom. The van der Waals surface area contributed by atoms with Crippen LogP contribution in [0, 0.1) is 5.92 Å². The van der Waals surface area contributed by atoms with Crippen LogP contribution in [0.2, 0.25) is 0 Å². The fourth-order valence-electron chi connectivity index (χ4n) is 4.72. The number of ether oxygens (including phenoxy) is 1. The molecule has 2 aliphatic heterocycles. The first-order valence-corrected chi connectivity index (χ1v) is 10.4. The molecule has 0 spiro atoms. The van der Waals surface area contributed by atoms with Gasteiger partial charge in [0.15, 0.2) is 0 Å². The van der Waals surface area contributed by atoms with Crippen molar-refractivity contribution in [3.8, 4) is 0 Å². The summed E-state index contributed by atoms with van der Waals surface area (Å²) in [7, 11) is 1.27. The lowest BCUT2D eigenvalue weighted by Gasteiger charge is -2.31. The SMILES string of the molecule is COC(=O)[C@@H](CC(N)=O)N1CCC(CCc2ccccc2)N2C[C@H](C)C[C@H]2C1=O. The highest BCUT2D eigenvalue weighted by atomic mass is 16.5. The third kappa shape index (κ3) is 4.96. The summed E-state index contributed by atoms with van der Waals surface area (Å²) in [5.41, 5.74) is 6.63. The van der Waals surface area contributed by atoms with Crippen molar-refractivity contribution in [1.82, 2.24) is 9.80 Å². The van der Waals surface area contributed by atoms with Gasteiger partial charge in [0.05, 0.1) is 19.6 Å². The second kappa shape index (κ2) is 9.39. The van der Waals surface area contributed by atoms with Gasteiger partial charge >= 0.3 is 5.97 Å². The van der Waals surface area contributed by atoms with Crippen LogP contribution in [0.1, 0.15) is 38.2 Å². The molecular formula is C22H31N3O4. The van der Waals surface area contributed by atoms with E-state index in [9.17, 15) is 14.4 Å². The molecule has 7 heteroatoms. The predicted octanol–water partition coefficient (Wildman–Crippen LogP) is 1.35. The topological polar surface area (TPSA) is 92.9 Å². The number of hydrogen-bond acceptors (Lipinski definition) is 5. The quantitative estimate of drug-likeness (QED) is 0.696. The number of benzene rings is 1. The molecule has 2 N–H and O–H groups in total. The highest BCUT2D eigenvalue weighted by Gasteiger charge is 2.45. The Morgan fingerprint density at radius 2 is 2.00 bits per heavy atom. The number of aryl methyl sites for hydroxylation is 1. The summed E-state index contributed by atoms with van der Waals surface area (Å²) in [5, 5.41) is 0. The zero-order valence-electron chi connectivity index (χ0n) is 17.3. The molecule has 1 unspecified atom stereocenters. The smallest absolute Gasteiger partial charge is 0.329 e. The van der Waals surface area contributed by atoms with E-state index in [1.807, 2.05) is 18.2 Å². The summed E-state index contributed by atoms with van der Waals surface area (Å²) in [4.78, 5) is 41.1. The van der Waals surface area contributed by atoms with E-state index in [4.69, 9.17) is 10.5 Å². The molecule has 29 heavy (non-hydrogen) atoms. The number of nitrogens with two attached hydrogens (primary N) is 1. The Balaban J connectivity index is 1.80. The van der Waals surface area contributed by atoms with Crippen LogP contribution in [-0.4, -0.2) is 65.9 Å². The van der Waals surface area contributed by atoms with Crippen LogP contribution < -0.4 is 5.73 Å². The van der Waals surface area contributed by atoms with Gasteiger partial charge in [0.1, 0.15) is 6.04 Å². The minimum absolute atomic E-state index is 0.0896. The van der Waals surface area contributed by atoms with Gasteiger partial charge < -0.3 is 15.4 Å². The van der Waals surface area contributed by atoms with E-state index in [0.29, 0.717) is 12.5 Å². The number of carbonyl (C=O) groups is 3. The number of nitrogens with zero attached hydrogens (tertiary/aromatic N) is 2. The molecule has 4 atom stereocenters. The molecule has 0 bridgehead atoms. The Kier molecular flexibility index (Phi) is 6.90. The minimum atomic E-state index is -0.948.